The van der Waals surface area contributed by atoms with Gasteiger partial charge in [-0.3, -0.25) is 4.90 Å². The van der Waals surface area contributed by atoms with Gasteiger partial charge in [0, 0.05) is 19.1 Å². The molecular weight excluding hydrogens is 264 g/mol. The van der Waals surface area contributed by atoms with Crippen molar-refractivity contribution in [3.05, 3.63) is 22.7 Å². The lowest BCUT2D eigenvalue weighted by Gasteiger charge is -2.27. The van der Waals surface area contributed by atoms with Gasteiger partial charge in [-0.05, 0) is 37.2 Å². The van der Waals surface area contributed by atoms with Crippen LogP contribution in [0.2, 0.25) is 5.02 Å². The normalized spacial score (nSPS) is 21.3. The van der Waals surface area contributed by atoms with Crippen LogP contribution in [-0.4, -0.2) is 37.4 Å². The van der Waals surface area contributed by atoms with Crippen molar-refractivity contribution in [2.75, 3.05) is 26.4 Å². The summed E-state index contributed by atoms with van der Waals surface area (Å²) in [6, 6.07) is 4.65. The van der Waals surface area contributed by atoms with Crippen LogP contribution in [-0.2, 0) is 6.54 Å². The highest BCUT2D eigenvalue weighted by molar-refractivity contribution is 6.32. The Balaban J connectivity index is 1.76. The van der Waals surface area contributed by atoms with Crippen LogP contribution in [0.25, 0.3) is 0 Å². The highest BCUT2D eigenvalue weighted by Gasteiger charge is 2.23. The number of fused-ring (bicyclic) bond motifs is 1. The molecule has 2 aliphatic heterocycles. The van der Waals surface area contributed by atoms with Gasteiger partial charge in [-0.15, -0.1) is 0 Å². The molecule has 0 radical (unpaired) electrons. The van der Waals surface area contributed by atoms with E-state index in [1.807, 2.05) is 12.1 Å². The Kier molecular flexibility index (Phi) is 3.82. The van der Waals surface area contributed by atoms with E-state index < -0.39 is 0 Å². The molecule has 1 aromatic rings. The third kappa shape index (κ3) is 2.66. The van der Waals surface area contributed by atoms with E-state index >= 15 is 0 Å². The Bertz CT molecular complexity index is 461. The van der Waals surface area contributed by atoms with Crippen LogP contribution < -0.4 is 14.8 Å². The molecule has 5 heteroatoms. The molecule has 4 nitrogen and oxygen atoms in total. The predicted octanol–water partition coefficient (Wildman–Crippen LogP) is 2.25. The molecule has 1 saturated heterocycles. The van der Waals surface area contributed by atoms with Crippen molar-refractivity contribution in [1.29, 1.82) is 0 Å². The zero-order valence-electron chi connectivity index (χ0n) is 11.1. The molecule has 1 unspecified atom stereocenters. The topological polar surface area (TPSA) is 33.7 Å². The number of halogens is 1. The first kappa shape index (κ1) is 13.0. The molecule has 1 N–H and O–H groups in total. The first-order valence-corrected chi connectivity index (χ1v) is 7.18. The first-order chi connectivity index (χ1) is 9.28. The summed E-state index contributed by atoms with van der Waals surface area (Å²) in [6.45, 7) is 6.60. The van der Waals surface area contributed by atoms with E-state index in [1.54, 1.807) is 0 Å². The molecule has 1 aromatic carbocycles. The predicted molar refractivity (Wildman–Crippen MR) is 74.9 cm³/mol. The van der Waals surface area contributed by atoms with Crippen LogP contribution in [0.3, 0.4) is 0 Å². The Morgan fingerprint density at radius 2 is 2.32 bits per heavy atom. The van der Waals surface area contributed by atoms with Gasteiger partial charge >= 0.3 is 0 Å². The van der Waals surface area contributed by atoms with Gasteiger partial charge in [0.05, 0.1) is 5.02 Å². The summed E-state index contributed by atoms with van der Waals surface area (Å²) in [6.07, 6.45) is 1.21. The van der Waals surface area contributed by atoms with Gasteiger partial charge in [-0.1, -0.05) is 18.5 Å². The van der Waals surface area contributed by atoms with E-state index in [0.29, 0.717) is 16.8 Å². The molecule has 19 heavy (non-hydrogen) atoms. The maximum Gasteiger partial charge on any atom is 0.231 e. The van der Waals surface area contributed by atoms with Gasteiger partial charge < -0.3 is 14.8 Å². The Labute approximate surface area is 118 Å². The fourth-order valence-electron chi connectivity index (χ4n) is 2.80. The Morgan fingerprint density at radius 1 is 1.42 bits per heavy atom. The fraction of sp³-hybridized carbons (Fsp3) is 0.571. The second-order valence-electron chi connectivity index (χ2n) is 5.02. The van der Waals surface area contributed by atoms with Gasteiger partial charge in [-0.2, -0.15) is 0 Å². The average Bonchev–Trinajstić information content (AvgIpc) is 3.06. The molecule has 2 aliphatic rings. The number of nitrogens with zero attached hydrogens (tertiary/aromatic N) is 1. The van der Waals surface area contributed by atoms with E-state index in [1.165, 1.54) is 12.0 Å². The second-order valence-corrected chi connectivity index (χ2v) is 5.43. The van der Waals surface area contributed by atoms with E-state index in [9.17, 15) is 0 Å². The molecule has 104 valence electrons. The Hall–Kier alpha value is -0.970. The summed E-state index contributed by atoms with van der Waals surface area (Å²) >= 11 is 6.23. The molecule has 0 aromatic heterocycles. The summed E-state index contributed by atoms with van der Waals surface area (Å²) in [5.41, 5.74) is 1.18. The highest BCUT2D eigenvalue weighted by Crippen LogP contribution is 2.40. The molecule has 0 aliphatic carbocycles. The van der Waals surface area contributed by atoms with Crippen LogP contribution in [0.5, 0.6) is 11.5 Å². The molecule has 0 saturated carbocycles. The largest absolute Gasteiger partial charge is 0.454 e. The lowest BCUT2D eigenvalue weighted by molar-refractivity contribution is 0.174. The molecule has 0 amide bonds. The van der Waals surface area contributed by atoms with Crippen molar-refractivity contribution in [2.24, 2.45) is 0 Å². The minimum absolute atomic E-state index is 0.266. The van der Waals surface area contributed by atoms with E-state index in [0.717, 1.165) is 31.9 Å². The standard InChI is InChI=1S/C14H19ClN2O2/c1-2-17(11-3-4-16-7-11)8-10-5-12(15)14-13(6-10)18-9-19-14/h5-6,11,16H,2-4,7-9H2,1H3. The van der Waals surface area contributed by atoms with Crippen molar-refractivity contribution >= 4 is 11.6 Å². The monoisotopic (exact) mass is 282 g/mol. The summed E-state index contributed by atoms with van der Waals surface area (Å²) in [7, 11) is 0. The summed E-state index contributed by atoms with van der Waals surface area (Å²) in [4.78, 5) is 2.48. The zero-order chi connectivity index (χ0) is 13.2. The number of hydrogen-bond donors (Lipinski definition) is 1. The van der Waals surface area contributed by atoms with Crippen molar-refractivity contribution < 1.29 is 9.47 Å². The lowest BCUT2D eigenvalue weighted by Crippen LogP contribution is -2.36. The van der Waals surface area contributed by atoms with Crippen molar-refractivity contribution in [3.8, 4) is 11.5 Å². The SMILES string of the molecule is CCN(Cc1cc(Cl)c2c(c1)OCO2)C1CCNC1. The summed E-state index contributed by atoms with van der Waals surface area (Å²) in [5, 5.41) is 4.06. The van der Waals surface area contributed by atoms with Gasteiger partial charge in [0.25, 0.3) is 0 Å². The lowest BCUT2D eigenvalue weighted by atomic mass is 10.1. The quantitative estimate of drug-likeness (QED) is 0.918. The smallest absolute Gasteiger partial charge is 0.231 e. The maximum absolute atomic E-state index is 6.23. The van der Waals surface area contributed by atoms with Crippen LogP contribution in [0, 0.1) is 0 Å². The van der Waals surface area contributed by atoms with Crippen molar-refractivity contribution in [3.63, 3.8) is 0 Å². The molecule has 2 heterocycles. The van der Waals surface area contributed by atoms with Crippen LogP contribution in [0.1, 0.15) is 18.9 Å². The third-order valence-corrected chi connectivity index (χ3v) is 4.11. The van der Waals surface area contributed by atoms with Crippen LogP contribution in [0.15, 0.2) is 12.1 Å². The highest BCUT2D eigenvalue weighted by atomic mass is 35.5. The van der Waals surface area contributed by atoms with Crippen molar-refractivity contribution in [2.45, 2.75) is 25.9 Å². The number of rotatable bonds is 4. The van der Waals surface area contributed by atoms with Gasteiger partial charge in [0.2, 0.25) is 6.79 Å². The summed E-state index contributed by atoms with van der Waals surface area (Å²) in [5.74, 6) is 1.44. The van der Waals surface area contributed by atoms with E-state index in [4.69, 9.17) is 21.1 Å². The molecule has 1 fully saturated rings. The van der Waals surface area contributed by atoms with Crippen LogP contribution >= 0.6 is 11.6 Å². The van der Waals surface area contributed by atoms with Gasteiger partial charge in [-0.25, -0.2) is 0 Å². The molecule has 0 bridgehead atoms. The number of ether oxygens (including phenoxy) is 2. The molecule has 1 atom stereocenters. The number of benzene rings is 1. The number of likely N-dealkylation sites (N-methyl/N-ethyl adjacent to an activating group) is 1. The minimum Gasteiger partial charge on any atom is -0.454 e. The third-order valence-electron chi connectivity index (χ3n) is 3.83. The molecule has 0 spiro atoms. The summed E-state index contributed by atoms with van der Waals surface area (Å²) < 4.78 is 10.8. The number of nitrogens with one attached hydrogen (secondary N) is 1. The average molecular weight is 283 g/mol. The number of hydrogen-bond acceptors (Lipinski definition) is 4. The maximum atomic E-state index is 6.23. The second kappa shape index (κ2) is 5.57. The zero-order valence-corrected chi connectivity index (χ0v) is 11.9. The van der Waals surface area contributed by atoms with E-state index in [-0.39, 0.29) is 6.79 Å². The first-order valence-electron chi connectivity index (χ1n) is 6.80. The van der Waals surface area contributed by atoms with Gasteiger partial charge in [0.15, 0.2) is 11.5 Å². The fourth-order valence-corrected chi connectivity index (χ4v) is 3.08. The van der Waals surface area contributed by atoms with E-state index in [2.05, 4.69) is 17.1 Å². The molecule has 3 rings (SSSR count). The van der Waals surface area contributed by atoms with Crippen LogP contribution in [0.4, 0.5) is 0 Å². The Morgan fingerprint density at radius 3 is 3.05 bits per heavy atom. The van der Waals surface area contributed by atoms with Gasteiger partial charge in [0.1, 0.15) is 0 Å². The molecular formula is C14H19ClN2O2. The van der Waals surface area contributed by atoms with Crippen molar-refractivity contribution in [1.82, 2.24) is 10.2 Å². The minimum atomic E-state index is 0.266.